The molecule has 1 aromatic rings. The molecule has 0 aromatic heterocycles. The second-order valence-electron chi connectivity index (χ2n) is 4.03. The van der Waals surface area contributed by atoms with Gasteiger partial charge in [-0.1, -0.05) is 22.6 Å². The van der Waals surface area contributed by atoms with E-state index in [1.54, 1.807) is 18.2 Å². The maximum atomic E-state index is 11.8. The number of anilines is 1. The number of ether oxygens (including phenoxy) is 4. The molecular formula is C12H12INO5. The highest BCUT2D eigenvalue weighted by Gasteiger charge is 2.33. The Kier molecular flexibility index (Phi) is 3.65. The summed E-state index contributed by atoms with van der Waals surface area (Å²) in [6, 6.07) is 5.38. The van der Waals surface area contributed by atoms with Crippen LogP contribution in [0, 0.1) is 0 Å². The van der Waals surface area contributed by atoms with Crippen molar-refractivity contribution >= 4 is 34.4 Å². The molecule has 6 nitrogen and oxygen atoms in total. The number of alkyl halides is 1. The van der Waals surface area contributed by atoms with Crippen LogP contribution in [0.2, 0.25) is 0 Å². The zero-order valence-corrected chi connectivity index (χ0v) is 12.2. The standard InChI is InChI=1S/C12H12INO5/c13-7-18-11-6-14(12(15)19-11)8-1-2-9-10(5-8)17-4-3-16-9/h1-2,5,11H,3-4,6-7H2. The Morgan fingerprint density at radius 1 is 1.32 bits per heavy atom. The number of carbonyl (C=O) groups is 1. The third kappa shape index (κ3) is 2.57. The molecule has 1 amide bonds. The highest BCUT2D eigenvalue weighted by molar-refractivity contribution is 14.1. The minimum atomic E-state index is -0.516. The summed E-state index contributed by atoms with van der Waals surface area (Å²) in [5.74, 6) is 1.34. The minimum Gasteiger partial charge on any atom is -0.486 e. The molecule has 2 heterocycles. The molecular weight excluding hydrogens is 365 g/mol. The number of cyclic esters (lactones) is 1. The molecule has 0 spiro atoms. The van der Waals surface area contributed by atoms with Gasteiger partial charge in [0, 0.05) is 6.07 Å². The first-order valence-corrected chi connectivity index (χ1v) is 7.36. The molecule has 7 heteroatoms. The van der Waals surface area contributed by atoms with Gasteiger partial charge in [-0.05, 0) is 12.1 Å². The summed E-state index contributed by atoms with van der Waals surface area (Å²) in [5.41, 5.74) is 0.716. The van der Waals surface area contributed by atoms with Gasteiger partial charge in [0.2, 0.25) is 6.29 Å². The van der Waals surface area contributed by atoms with E-state index >= 15 is 0 Å². The van der Waals surface area contributed by atoms with Crippen molar-refractivity contribution in [1.29, 1.82) is 0 Å². The lowest BCUT2D eigenvalue weighted by Crippen LogP contribution is -2.25. The van der Waals surface area contributed by atoms with Crippen LogP contribution in [0.3, 0.4) is 0 Å². The van der Waals surface area contributed by atoms with E-state index in [-0.39, 0.29) is 0 Å². The van der Waals surface area contributed by atoms with Crippen LogP contribution < -0.4 is 14.4 Å². The van der Waals surface area contributed by atoms with Crippen molar-refractivity contribution in [3.8, 4) is 11.5 Å². The monoisotopic (exact) mass is 377 g/mol. The van der Waals surface area contributed by atoms with Gasteiger partial charge < -0.3 is 18.9 Å². The van der Waals surface area contributed by atoms with Gasteiger partial charge in [-0.3, -0.25) is 4.90 Å². The Bertz CT molecular complexity index is 495. The number of hydrogen-bond acceptors (Lipinski definition) is 5. The zero-order valence-electron chi connectivity index (χ0n) is 10.0. The zero-order chi connectivity index (χ0) is 13.2. The predicted molar refractivity (Wildman–Crippen MR) is 75.0 cm³/mol. The van der Waals surface area contributed by atoms with Crippen LogP contribution in [0.4, 0.5) is 10.5 Å². The number of hydrogen-bond donors (Lipinski definition) is 0. The molecule has 1 unspecified atom stereocenters. The fourth-order valence-corrected chi connectivity index (χ4v) is 2.41. The summed E-state index contributed by atoms with van der Waals surface area (Å²) < 4.78 is 21.8. The van der Waals surface area contributed by atoms with E-state index in [0.29, 0.717) is 41.6 Å². The Hall–Kier alpha value is -1.22. The van der Waals surface area contributed by atoms with Crippen molar-refractivity contribution in [2.24, 2.45) is 0 Å². The summed E-state index contributed by atoms with van der Waals surface area (Å²) in [6.45, 7) is 1.44. The van der Waals surface area contributed by atoms with Gasteiger partial charge in [-0.25, -0.2) is 4.79 Å². The number of halogens is 1. The first-order valence-electron chi connectivity index (χ1n) is 5.83. The summed E-state index contributed by atoms with van der Waals surface area (Å²) >= 11 is 2.07. The molecule has 2 aliphatic heterocycles. The van der Waals surface area contributed by atoms with Gasteiger partial charge in [0.25, 0.3) is 0 Å². The smallest absolute Gasteiger partial charge is 0.416 e. The van der Waals surface area contributed by atoms with Crippen LogP contribution in [-0.4, -0.2) is 36.8 Å². The minimum absolute atomic E-state index is 0.376. The first kappa shape index (κ1) is 12.8. The Morgan fingerprint density at radius 2 is 2.11 bits per heavy atom. The Morgan fingerprint density at radius 3 is 2.89 bits per heavy atom. The molecule has 3 rings (SSSR count). The van der Waals surface area contributed by atoms with E-state index in [1.165, 1.54) is 4.90 Å². The number of rotatable bonds is 3. The average Bonchev–Trinajstić information content (AvgIpc) is 2.79. The topological polar surface area (TPSA) is 57.2 Å². The Labute approximate surface area is 123 Å². The molecule has 19 heavy (non-hydrogen) atoms. The molecule has 0 aliphatic carbocycles. The van der Waals surface area contributed by atoms with E-state index in [2.05, 4.69) is 22.6 Å². The van der Waals surface area contributed by atoms with Crippen LogP contribution >= 0.6 is 22.6 Å². The SMILES string of the molecule is O=C1OC(OCI)CN1c1ccc2c(c1)OCCO2. The van der Waals surface area contributed by atoms with Crippen molar-refractivity contribution in [3.63, 3.8) is 0 Å². The number of amides is 1. The van der Waals surface area contributed by atoms with E-state index in [1.807, 2.05) is 0 Å². The number of benzene rings is 1. The quantitative estimate of drug-likeness (QED) is 0.597. The second kappa shape index (κ2) is 5.41. The maximum Gasteiger partial charge on any atom is 0.416 e. The fraction of sp³-hybridized carbons (Fsp3) is 0.417. The third-order valence-corrected chi connectivity index (χ3v) is 3.23. The number of fused-ring (bicyclic) bond motifs is 1. The van der Waals surface area contributed by atoms with Gasteiger partial charge in [-0.15, -0.1) is 0 Å². The van der Waals surface area contributed by atoms with Crippen LogP contribution in [0.25, 0.3) is 0 Å². The first-order chi connectivity index (χ1) is 9.28. The molecule has 102 valence electrons. The lowest BCUT2D eigenvalue weighted by Gasteiger charge is -2.20. The normalized spacial score (nSPS) is 21.4. The number of nitrogens with zero attached hydrogens (tertiary/aromatic N) is 1. The predicted octanol–water partition coefficient (Wildman–Crippen LogP) is 2.15. The lowest BCUT2D eigenvalue weighted by atomic mass is 10.2. The summed E-state index contributed by atoms with van der Waals surface area (Å²) in [5, 5.41) is 0. The van der Waals surface area contributed by atoms with Gasteiger partial charge in [-0.2, -0.15) is 0 Å². The molecule has 2 aliphatic rings. The second-order valence-corrected chi connectivity index (χ2v) is 4.65. The molecule has 0 N–H and O–H groups in total. The van der Waals surface area contributed by atoms with Crippen LogP contribution in [0.1, 0.15) is 0 Å². The molecule has 1 atom stereocenters. The van der Waals surface area contributed by atoms with Crippen molar-refractivity contribution in [1.82, 2.24) is 0 Å². The van der Waals surface area contributed by atoms with E-state index < -0.39 is 12.4 Å². The van der Waals surface area contributed by atoms with Gasteiger partial charge in [0.15, 0.2) is 11.5 Å². The van der Waals surface area contributed by atoms with Crippen molar-refractivity contribution in [3.05, 3.63) is 18.2 Å². The van der Waals surface area contributed by atoms with Crippen LogP contribution in [-0.2, 0) is 9.47 Å². The average molecular weight is 377 g/mol. The van der Waals surface area contributed by atoms with Crippen molar-refractivity contribution in [2.45, 2.75) is 6.29 Å². The number of carbonyl (C=O) groups excluding carboxylic acids is 1. The van der Waals surface area contributed by atoms with Crippen molar-refractivity contribution in [2.75, 3.05) is 29.3 Å². The molecule has 0 bridgehead atoms. The van der Waals surface area contributed by atoms with E-state index in [4.69, 9.17) is 18.9 Å². The molecule has 0 radical (unpaired) electrons. The highest BCUT2D eigenvalue weighted by Crippen LogP contribution is 2.35. The van der Waals surface area contributed by atoms with Gasteiger partial charge >= 0.3 is 6.09 Å². The summed E-state index contributed by atoms with van der Waals surface area (Å²) in [7, 11) is 0. The van der Waals surface area contributed by atoms with Crippen molar-refractivity contribution < 1.29 is 23.7 Å². The van der Waals surface area contributed by atoms with Crippen LogP contribution in [0.15, 0.2) is 18.2 Å². The van der Waals surface area contributed by atoms with Gasteiger partial charge in [0.1, 0.15) is 17.8 Å². The maximum absolute atomic E-state index is 11.8. The molecule has 0 saturated carbocycles. The van der Waals surface area contributed by atoms with E-state index in [9.17, 15) is 4.79 Å². The lowest BCUT2D eigenvalue weighted by molar-refractivity contribution is -0.0522. The fourth-order valence-electron chi connectivity index (χ4n) is 2.00. The van der Waals surface area contributed by atoms with Gasteiger partial charge in [0.05, 0.1) is 12.2 Å². The molecule has 1 fully saturated rings. The summed E-state index contributed by atoms with van der Waals surface area (Å²) in [4.78, 5) is 13.3. The van der Waals surface area contributed by atoms with E-state index in [0.717, 1.165) is 0 Å². The highest BCUT2D eigenvalue weighted by atomic mass is 127. The molecule has 1 saturated heterocycles. The largest absolute Gasteiger partial charge is 0.486 e. The Balaban J connectivity index is 1.80. The molecule has 1 aromatic carbocycles. The van der Waals surface area contributed by atoms with Crippen LogP contribution in [0.5, 0.6) is 11.5 Å². The summed E-state index contributed by atoms with van der Waals surface area (Å²) in [6.07, 6.45) is -0.927. The third-order valence-electron chi connectivity index (χ3n) is 2.87.